The molecule has 0 bridgehead atoms. The van der Waals surface area contributed by atoms with Gasteiger partial charge in [-0.2, -0.15) is 0 Å². The molecule has 3 rings (SSSR count). The summed E-state index contributed by atoms with van der Waals surface area (Å²) < 4.78 is 5.90. The number of piperidine rings is 1. The van der Waals surface area contributed by atoms with Crippen LogP contribution < -0.4 is 5.32 Å². The Labute approximate surface area is 137 Å². The van der Waals surface area contributed by atoms with Crippen molar-refractivity contribution in [3.05, 3.63) is 35.6 Å². The van der Waals surface area contributed by atoms with Gasteiger partial charge in [0.2, 0.25) is 5.91 Å². The Morgan fingerprint density at radius 1 is 1.39 bits per heavy atom. The van der Waals surface area contributed by atoms with Gasteiger partial charge < -0.3 is 14.6 Å². The molecule has 1 aromatic carbocycles. The molecular formula is C19H26N2O2. The van der Waals surface area contributed by atoms with Crippen molar-refractivity contribution in [1.82, 2.24) is 10.2 Å². The van der Waals surface area contributed by atoms with Crippen molar-refractivity contribution in [2.24, 2.45) is 5.92 Å². The molecule has 1 N–H and O–H groups in total. The van der Waals surface area contributed by atoms with Crippen molar-refractivity contribution < 1.29 is 9.21 Å². The van der Waals surface area contributed by atoms with Gasteiger partial charge in [0.1, 0.15) is 11.3 Å². The fourth-order valence-electron chi connectivity index (χ4n) is 3.44. The molecule has 2 aromatic rings. The zero-order valence-corrected chi connectivity index (χ0v) is 14.3. The first-order valence-electron chi connectivity index (χ1n) is 8.57. The van der Waals surface area contributed by atoms with Gasteiger partial charge in [0.15, 0.2) is 0 Å². The molecule has 1 fully saturated rings. The molecule has 1 aliphatic heterocycles. The van der Waals surface area contributed by atoms with Crippen LogP contribution in [0.1, 0.15) is 38.0 Å². The zero-order valence-electron chi connectivity index (χ0n) is 14.3. The maximum atomic E-state index is 11.8. The number of carbonyl (C=O) groups excluding carboxylic acids is 1. The summed E-state index contributed by atoms with van der Waals surface area (Å²) in [5.41, 5.74) is 2.20. The van der Waals surface area contributed by atoms with Gasteiger partial charge in [-0.05, 0) is 37.5 Å². The number of hydrogen-bond acceptors (Lipinski definition) is 3. The van der Waals surface area contributed by atoms with E-state index in [1.807, 2.05) is 17.9 Å². The predicted molar refractivity (Wildman–Crippen MR) is 92.2 cm³/mol. The highest BCUT2D eigenvalue weighted by atomic mass is 16.3. The molecule has 1 saturated heterocycles. The van der Waals surface area contributed by atoms with E-state index in [9.17, 15) is 4.79 Å². The largest absolute Gasteiger partial charge is 0.460 e. The molecule has 1 aliphatic rings. The molecular weight excluding hydrogens is 288 g/mol. The summed E-state index contributed by atoms with van der Waals surface area (Å²) in [5, 5.41) is 4.77. The number of likely N-dealkylation sites (tertiary alicyclic amines) is 1. The highest BCUT2D eigenvalue weighted by molar-refractivity contribution is 5.78. The van der Waals surface area contributed by atoms with E-state index in [2.05, 4.69) is 37.4 Å². The van der Waals surface area contributed by atoms with Crippen molar-refractivity contribution in [3.8, 4) is 0 Å². The van der Waals surface area contributed by atoms with Gasteiger partial charge in [0, 0.05) is 30.9 Å². The SMILES string of the molecule is CCC(=O)N1CC[C@@H](NCc2cc3cc(C)ccc3o2)[C@@H](C)C1. The van der Waals surface area contributed by atoms with Crippen LogP contribution in [0.25, 0.3) is 11.0 Å². The molecule has 124 valence electrons. The minimum absolute atomic E-state index is 0.267. The smallest absolute Gasteiger partial charge is 0.222 e. The second-order valence-corrected chi connectivity index (χ2v) is 6.70. The van der Waals surface area contributed by atoms with E-state index in [1.54, 1.807) is 0 Å². The van der Waals surface area contributed by atoms with Crippen LogP contribution in [0.5, 0.6) is 0 Å². The normalized spacial score (nSPS) is 21.8. The summed E-state index contributed by atoms with van der Waals surface area (Å²) in [6, 6.07) is 8.82. The number of furan rings is 1. The van der Waals surface area contributed by atoms with Crippen LogP contribution in [0.3, 0.4) is 0 Å². The predicted octanol–water partition coefficient (Wildman–Crippen LogP) is 3.48. The summed E-state index contributed by atoms with van der Waals surface area (Å²) in [6.45, 7) is 8.69. The Morgan fingerprint density at radius 2 is 2.22 bits per heavy atom. The Kier molecular flexibility index (Phi) is 4.71. The van der Waals surface area contributed by atoms with E-state index >= 15 is 0 Å². The highest BCUT2D eigenvalue weighted by Crippen LogP contribution is 2.22. The van der Waals surface area contributed by atoms with E-state index in [4.69, 9.17) is 4.42 Å². The van der Waals surface area contributed by atoms with Gasteiger partial charge in [0.05, 0.1) is 6.54 Å². The number of benzene rings is 1. The molecule has 4 heteroatoms. The summed E-state index contributed by atoms with van der Waals surface area (Å²) >= 11 is 0. The maximum Gasteiger partial charge on any atom is 0.222 e. The first-order valence-corrected chi connectivity index (χ1v) is 8.57. The Hall–Kier alpha value is -1.81. The van der Waals surface area contributed by atoms with Gasteiger partial charge in [-0.3, -0.25) is 4.79 Å². The third-order valence-electron chi connectivity index (χ3n) is 4.82. The Balaban J connectivity index is 1.58. The molecule has 0 aliphatic carbocycles. The van der Waals surface area contributed by atoms with Crippen molar-refractivity contribution in [3.63, 3.8) is 0 Å². The van der Waals surface area contributed by atoms with Crippen LogP contribution in [0.2, 0.25) is 0 Å². The lowest BCUT2D eigenvalue weighted by molar-refractivity contribution is -0.132. The summed E-state index contributed by atoms with van der Waals surface area (Å²) in [7, 11) is 0. The van der Waals surface area contributed by atoms with E-state index in [1.165, 1.54) is 10.9 Å². The van der Waals surface area contributed by atoms with E-state index in [0.717, 1.165) is 37.4 Å². The number of aryl methyl sites for hydroxylation is 1. The van der Waals surface area contributed by atoms with Crippen LogP contribution in [0.15, 0.2) is 28.7 Å². The third kappa shape index (κ3) is 3.58. The lowest BCUT2D eigenvalue weighted by atomic mass is 9.93. The van der Waals surface area contributed by atoms with Crippen LogP contribution >= 0.6 is 0 Å². The maximum absolute atomic E-state index is 11.8. The minimum Gasteiger partial charge on any atom is -0.460 e. The first-order chi connectivity index (χ1) is 11.1. The molecule has 1 amide bonds. The number of nitrogens with zero attached hydrogens (tertiary/aromatic N) is 1. The van der Waals surface area contributed by atoms with Crippen LogP contribution in [0.4, 0.5) is 0 Å². The molecule has 0 spiro atoms. The number of rotatable bonds is 4. The van der Waals surface area contributed by atoms with Crippen molar-refractivity contribution >= 4 is 16.9 Å². The van der Waals surface area contributed by atoms with Gasteiger partial charge in [-0.25, -0.2) is 0 Å². The average Bonchev–Trinajstić information content (AvgIpc) is 2.94. The standard InChI is InChI=1S/C19H26N2O2/c1-4-19(22)21-8-7-17(14(3)12-21)20-11-16-10-15-9-13(2)5-6-18(15)23-16/h5-6,9-10,14,17,20H,4,7-8,11-12H2,1-3H3/t14-,17+/m0/s1. The third-order valence-corrected chi connectivity index (χ3v) is 4.82. The second-order valence-electron chi connectivity index (χ2n) is 6.70. The van der Waals surface area contributed by atoms with Gasteiger partial charge >= 0.3 is 0 Å². The zero-order chi connectivity index (χ0) is 16.4. The fraction of sp³-hybridized carbons (Fsp3) is 0.526. The Morgan fingerprint density at radius 3 is 2.96 bits per heavy atom. The lowest BCUT2D eigenvalue weighted by Gasteiger charge is -2.37. The van der Waals surface area contributed by atoms with Crippen LogP contribution in [-0.2, 0) is 11.3 Å². The van der Waals surface area contributed by atoms with Crippen molar-refractivity contribution in [2.75, 3.05) is 13.1 Å². The topological polar surface area (TPSA) is 45.5 Å². The average molecular weight is 314 g/mol. The summed E-state index contributed by atoms with van der Waals surface area (Å²) in [6.07, 6.45) is 1.61. The van der Waals surface area contributed by atoms with Crippen LogP contribution in [0, 0.1) is 12.8 Å². The number of amides is 1. The molecule has 0 saturated carbocycles. The number of nitrogens with one attached hydrogen (secondary N) is 1. The van der Waals surface area contributed by atoms with Crippen LogP contribution in [-0.4, -0.2) is 29.9 Å². The minimum atomic E-state index is 0.267. The van der Waals surface area contributed by atoms with Gasteiger partial charge in [0.25, 0.3) is 0 Å². The molecule has 4 nitrogen and oxygen atoms in total. The number of fused-ring (bicyclic) bond motifs is 1. The van der Waals surface area contributed by atoms with Gasteiger partial charge in [-0.15, -0.1) is 0 Å². The molecule has 23 heavy (non-hydrogen) atoms. The van der Waals surface area contributed by atoms with Crippen molar-refractivity contribution in [1.29, 1.82) is 0 Å². The molecule has 1 aromatic heterocycles. The van der Waals surface area contributed by atoms with Gasteiger partial charge in [-0.1, -0.05) is 25.5 Å². The number of carbonyl (C=O) groups is 1. The fourth-order valence-corrected chi connectivity index (χ4v) is 3.44. The Bertz CT molecular complexity index is 692. The van der Waals surface area contributed by atoms with E-state index in [0.29, 0.717) is 18.4 Å². The van der Waals surface area contributed by atoms with E-state index in [-0.39, 0.29) is 5.91 Å². The number of hydrogen-bond donors (Lipinski definition) is 1. The molecule has 0 radical (unpaired) electrons. The highest BCUT2D eigenvalue weighted by Gasteiger charge is 2.27. The van der Waals surface area contributed by atoms with E-state index < -0.39 is 0 Å². The first kappa shape index (κ1) is 16.1. The monoisotopic (exact) mass is 314 g/mol. The quantitative estimate of drug-likeness (QED) is 0.940. The molecule has 2 atom stereocenters. The van der Waals surface area contributed by atoms with Crippen molar-refractivity contribution in [2.45, 2.75) is 46.2 Å². The molecule has 0 unspecified atom stereocenters. The molecule has 2 heterocycles. The second kappa shape index (κ2) is 6.75. The summed E-state index contributed by atoms with van der Waals surface area (Å²) in [4.78, 5) is 13.8. The lowest BCUT2D eigenvalue weighted by Crippen LogP contribution is -2.49. The summed E-state index contributed by atoms with van der Waals surface area (Å²) in [5.74, 6) is 1.71.